The van der Waals surface area contributed by atoms with Gasteiger partial charge >= 0.3 is 0 Å². The van der Waals surface area contributed by atoms with Crippen LogP contribution in [0.4, 0.5) is 0 Å². The Balaban J connectivity index is 2.41. The lowest BCUT2D eigenvalue weighted by molar-refractivity contribution is 0.384. The molecule has 1 N–H and O–H groups in total. The molecule has 0 amide bonds. The van der Waals surface area contributed by atoms with E-state index in [1.165, 1.54) is 0 Å². The zero-order chi connectivity index (χ0) is 8.97. The van der Waals surface area contributed by atoms with E-state index in [0.29, 0.717) is 11.9 Å². The molecule has 68 valence electrons. The van der Waals surface area contributed by atoms with Crippen molar-refractivity contribution in [1.82, 2.24) is 15.5 Å². The summed E-state index contributed by atoms with van der Waals surface area (Å²) in [6, 6.07) is 0.409. The van der Waals surface area contributed by atoms with Gasteiger partial charge in [-0.3, -0.25) is 0 Å². The number of hydrogen-bond donors (Lipinski definition) is 1. The number of hydrogen-bond acceptors (Lipinski definition) is 4. The minimum absolute atomic E-state index is 0.409. The molecule has 4 nitrogen and oxygen atoms in total. The van der Waals surface area contributed by atoms with Gasteiger partial charge in [-0.1, -0.05) is 12.1 Å². The maximum Gasteiger partial charge on any atom is 0.223 e. The summed E-state index contributed by atoms with van der Waals surface area (Å²) in [5, 5.41) is 7.09. The van der Waals surface area contributed by atoms with Crippen LogP contribution in [0.2, 0.25) is 0 Å². The van der Waals surface area contributed by atoms with Crippen LogP contribution < -0.4 is 5.32 Å². The lowest BCUT2D eigenvalue weighted by atomic mass is 10.2. The molecule has 1 rings (SSSR count). The molecule has 12 heavy (non-hydrogen) atoms. The summed E-state index contributed by atoms with van der Waals surface area (Å²) in [4.78, 5) is 4.12. The largest absolute Gasteiger partial charge is 0.340 e. The summed E-state index contributed by atoms with van der Waals surface area (Å²) in [6.45, 7) is 6.96. The summed E-state index contributed by atoms with van der Waals surface area (Å²) in [5.41, 5.74) is 0. The fourth-order valence-electron chi connectivity index (χ4n) is 1.12. The van der Waals surface area contributed by atoms with Gasteiger partial charge in [0, 0.05) is 19.4 Å². The molecule has 1 aromatic heterocycles. The van der Waals surface area contributed by atoms with Gasteiger partial charge in [0.1, 0.15) is 0 Å². The van der Waals surface area contributed by atoms with Crippen molar-refractivity contribution in [2.24, 2.45) is 0 Å². The van der Waals surface area contributed by atoms with Gasteiger partial charge in [-0.05, 0) is 13.5 Å². The molecule has 0 saturated heterocycles. The molecule has 0 aliphatic rings. The lowest BCUT2D eigenvalue weighted by Crippen LogP contribution is -2.27. The van der Waals surface area contributed by atoms with E-state index < -0.39 is 0 Å². The van der Waals surface area contributed by atoms with E-state index in [-0.39, 0.29) is 0 Å². The smallest absolute Gasteiger partial charge is 0.223 e. The Morgan fingerprint density at radius 2 is 2.33 bits per heavy atom. The van der Waals surface area contributed by atoms with Crippen LogP contribution >= 0.6 is 0 Å². The van der Waals surface area contributed by atoms with Crippen molar-refractivity contribution in [3.05, 3.63) is 11.7 Å². The molecule has 1 heterocycles. The molecule has 0 unspecified atom stereocenters. The van der Waals surface area contributed by atoms with Gasteiger partial charge in [0.25, 0.3) is 0 Å². The predicted octanol–water partition coefficient (Wildman–Crippen LogP) is 0.919. The molecule has 0 aliphatic carbocycles. The number of nitrogens with zero attached hydrogens (tertiary/aromatic N) is 2. The summed E-state index contributed by atoms with van der Waals surface area (Å²) in [6.07, 6.45) is 0.825. The molecular formula is C8H15N3O. The Labute approximate surface area is 72.4 Å². The number of aryl methyl sites for hydroxylation is 1. The van der Waals surface area contributed by atoms with Crippen molar-refractivity contribution in [1.29, 1.82) is 0 Å². The van der Waals surface area contributed by atoms with Gasteiger partial charge < -0.3 is 9.84 Å². The first kappa shape index (κ1) is 9.19. The highest BCUT2D eigenvalue weighted by Crippen LogP contribution is 1.98. The van der Waals surface area contributed by atoms with Crippen molar-refractivity contribution in [3.63, 3.8) is 0 Å². The fraction of sp³-hybridized carbons (Fsp3) is 0.750. The first-order chi connectivity index (χ1) is 5.72. The van der Waals surface area contributed by atoms with Gasteiger partial charge in [-0.15, -0.1) is 0 Å². The zero-order valence-corrected chi connectivity index (χ0v) is 7.79. The van der Waals surface area contributed by atoms with Crippen molar-refractivity contribution >= 4 is 0 Å². The van der Waals surface area contributed by atoms with E-state index in [4.69, 9.17) is 4.52 Å². The maximum atomic E-state index is 4.85. The van der Waals surface area contributed by atoms with Gasteiger partial charge in [-0.2, -0.15) is 4.98 Å². The van der Waals surface area contributed by atoms with Gasteiger partial charge in [0.2, 0.25) is 5.89 Å². The van der Waals surface area contributed by atoms with Crippen LogP contribution in [0.15, 0.2) is 4.52 Å². The first-order valence-electron chi connectivity index (χ1n) is 4.25. The van der Waals surface area contributed by atoms with Gasteiger partial charge in [0.05, 0.1) is 0 Å². The lowest BCUT2D eigenvalue weighted by Gasteiger charge is -2.07. The number of rotatable bonds is 4. The molecule has 1 atom stereocenters. The van der Waals surface area contributed by atoms with E-state index in [1.54, 1.807) is 6.92 Å². The van der Waals surface area contributed by atoms with Crippen LogP contribution in [-0.2, 0) is 6.42 Å². The van der Waals surface area contributed by atoms with Crippen molar-refractivity contribution < 1.29 is 4.52 Å². The van der Waals surface area contributed by atoms with Crippen LogP contribution in [0.5, 0.6) is 0 Å². The third kappa shape index (κ3) is 2.62. The average molecular weight is 169 g/mol. The van der Waals surface area contributed by atoms with E-state index in [9.17, 15) is 0 Å². The Hall–Kier alpha value is -0.900. The molecule has 0 spiro atoms. The Morgan fingerprint density at radius 3 is 2.83 bits per heavy atom. The molecule has 0 bridgehead atoms. The quantitative estimate of drug-likeness (QED) is 0.728. The third-order valence-electron chi connectivity index (χ3n) is 1.61. The standard InChI is InChI=1S/C8H15N3O/c1-4-9-6(2)5-8-10-7(3)12-11-8/h6,9H,4-5H2,1-3H3/t6-/m1/s1. The molecule has 0 aliphatic heterocycles. The van der Waals surface area contributed by atoms with E-state index >= 15 is 0 Å². The van der Waals surface area contributed by atoms with Crippen LogP contribution in [0.1, 0.15) is 25.6 Å². The highest BCUT2D eigenvalue weighted by Gasteiger charge is 2.06. The van der Waals surface area contributed by atoms with Crippen molar-refractivity contribution in [2.75, 3.05) is 6.54 Å². The molecule has 4 heteroatoms. The normalized spacial score (nSPS) is 13.2. The van der Waals surface area contributed by atoms with E-state index in [2.05, 4.69) is 29.3 Å². The van der Waals surface area contributed by atoms with Crippen LogP contribution in [0, 0.1) is 6.92 Å². The predicted molar refractivity (Wildman–Crippen MR) is 45.9 cm³/mol. The van der Waals surface area contributed by atoms with Gasteiger partial charge in [0.15, 0.2) is 5.82 Å². The van der Waals surface area contributed by atoms with E-state index in [1.807, 2.05) is 0 Å². The summed E-state index contributed by atoms with van der Waals surface area (Å²) >= 11 is 0. The number of aromatic nitrogens is 2. The van der Waals surface area contributed by atoms with Gasteiger partial charge in [-0.25, -0.2) is 0 Å². The second kappa shape index (κ2) is 4.21. The summed E-state index contributed by atoms with van der Waals surface area (Å²) in [5.74, 6) is 1.41. The molecule has 0 aromatic carbocycles. The number of likely N-dealkylation sites (N-methyl/N-ethyl adjacent to an activating group) is 1. The highest BCUT2D eigenvalue weighted by molar-refractivity contribution is 4.87. The Bertz CT molecular complexity index is 234. The summed E-state index contributed by atoms with van der Waals surface area (Å²) in [7, 11) is 0. The minimum atomic E-state index is 0.409. The third-order valence-corrected chi connectivity index (χ3v) is 1.61. The second-order valence-electron chi connectivity index (χ2n) is 2.89. The highest BCUT2D eigenvalue weighted by atomic mass is 16.5. The molecular weight excluding hydrogens is 154 g/mol. The monoisotopic (exact) mass is 169 g/mol. The van der Waals surface area contributed by atoms with Crippen LogP contribution in [0.25, 0.3) is 0 Å². The van der Waals surface area contributed by atoms with Crippen LogP contribution in [-0.4, -0.2) is 22.7 Å². The number of nitrogens with one attached hydrogen (secondary N) is 1. The molecule has 0 radical (unpaired) electrons. The van der Waals surface area contributed by atoms with Crippen molar-refractivity contribution in [3.8, 4) is 0 Å². The minimum Gasteiger partial charge on any atom is -0.340 e. The first-order valence-corrected chi connectivity index (χ1v) is 4.25. The zero-order valence-electron chi connectivity index (χ0n) is 7.79. The Morgan fingerprint density at radius 1 is 1.58 bits per heavy atom. The SMILES string of the molecule is CCN[C@H](C)Cc1noc(C)n1. The Kier molecular flexibility index (Phi) is 3.22. The molecule has 0 fully saturated rings. The average Bonchev–Trinajstić information content (AvgIpc) is 2.36. The van der Waals surface area contributed by atoms with Crippen LogP contribution in [0.3, 0.4) is 0 Å². The maximum absolute atomic E-state index is 4.85. The fourth-order valence-corrected chi connectivity index (χ4v) is 1.12. The molecule has 0 saturated carbocycles. The van der Waals surface area contributed by atoms with Crippen molar-refractivity contribution in [2.45, 2.75) is 33.2 Å². The summed E-state index contributed by atoms with van der Waals surface area (Å²) < 4.78 is 4.85. The topological polar surface area (TPSA) is 51.0 Å². The molecule has 1 aromatic rings. The van der Waals surface area contributed by atoms with E-state index in [0.717, 1.165) is 18.8 Å². The second-order valence-corrected chi connectivity index (χ2v) is 2.89.